The molecule has 0 aliphatic rings. The molecule has 6 heteroatoms. The van der Waals surface area contributed by atoms with Gasteiger partial charge in [0.15, 0.2) is 5.65 Å². The molecule has 4 rings (SSSR count). The number of rotatable bonds is 4. The fraction of sp³-hybridized carbons (Fsp3) is 0.143. The molecule has 2 aromatic carbocycles. The van der Waals surface area contributed by atoms with Gasteiger partial charge in [0.2, 0.25) is 0 Å². The Hall–Kier alpha value is -3.54. The van der Waals surface area contributed by atoms with Crippen molar-refractivity contribution in [2.24, 2.45) is 0 Å². The Morgan fingerprint density at radius 3 is 2.52 bits per heavy atom. The van der Waals surface area contributed by atoms with E-state index in [2.05, 4.69) is 10.4 Å². The zero-order valence-electron chi connectivity index (χ0n) is 15.1. The van der Waals surface area contributed by atoms with Crippen LogP contribution in [0.15, 0.2) is 54.6 Å². The van der Waals surface area contributed by atoms with Crippen LogP contribution in [0, 0.1) is 13.8 Å². The molecular formula is C21H20N4O2. The van der Waals surface area contributed by atoms with Gasteiger partial charge in [-0.05, 0) is 26.0 Å². The number of hydrogen-bond donors (Lipinski definition) is 3. The van der Waals surface area contributed by atoms with Crippen LogP contribution in [-0.4, -0.2) is 24.8 Å². The number of anilines is 1. The summed E-state index contributed by atoms with van der Waals surface area (Å²) in [6, 6.07) is 16.5. The van der Waals surface area contributed by atoms with E-state index in [-0.39, 0.29) is 11.5 Å². The van der Waals surface area contributed by atoms with Gasteiger partial charge in [-0.2, -0.15) is 9.61 Å². The molecular weight excluding hydrogens is 340 g/mol. The maximum absolute atomic E-state index is 10.0. The van der Waals surface area contributed by atoms with Crippen molar-refractivity contribution in [1.29, 1.82) is 0 Å². The highest BCUT2D eigenvalue weighted by Gasteiger charge is 2.13. The third kappa shape index (κ3) is 3.17. The van der Waals surface area contributed by atoms with E-state index in [0.29, 0.717) is 12.1 Å². The second kappa shape index (κ2) is 6.64. The minimum absolute atomic E-state index is 0.0345. The Balaban J connectivity index is 1.77. The van der Waals surface area contributed by atoms with Crippen molar-refractivity contribution in [3.63, 3.8) is 0 Å². The van der Waals surface area contributed by atoms with E-state index in [1.807, 2.05) is 50.2 Å². The normalized spacial score (nSPS) is 11.0. The van der Waals surface area contributed by atoms with Crippen LogP contribution in [0.2, 0.25) is 0 Å². The molecule has 136 valence electrons. The topological polar surface area (TPSA) is 82.7 Å². The molecule has 2 heterocycles. The zero-order chi connectivity index (χ0) is 19.0. The molecule has 0 unspecified atom stereocenters. The minimum Gasteiger partial charge on any atom is -0.508 e. The second-order valence-electron chi connectivity index (χ2n) is 6.51. The number of fused-ring (bicyclic) bond motifs is 1. The van der Waals surface area contributed by atoms with Gasteiger partial charge in [-0.1, -0.05) is 30.3 Å². The highest BCUT2D eigenvalue weighted by molar-refractivity contribution is 5.68. The molecule has 0 saturated heterocycles. The lowest BCUT2D eigenvalue weighted by Gasteiger charge is -2.12. The van der Waals surface area contributed by atoms with Crippen molar-refractivity contribution < 1.29 is 10.2 Å². The van der Waals surface area contributed by atoms with E-state index in [1.165, 1.54) is 6.07 Å². The second-order valence-corrected chi connectivity index (χ2v) is 6.51. The molecule has 0 atom stereocenters. The van der Waals surface area contributed by atoms with Gasteiger partial charge in [-0.15, -0.1) is 0 Å². The molecule has 4 aromatic rings. The van der Waals surface area contributed by atoms with Crippen molar-refractivity contribution >= 4 is 11.5 Å². The predicted molar refractivity (Wildman–Crippen MR) is 105 cm³/mol. The molecule has 6 nitrogen and oxygen atoms in total. The van der Waals surface area contributed by atoms with Crippen LogP contribution < -0.4 is 5.32 Å². The minimum atomic E-state index is 0.0345. The summed E-state index contributed by atoms with van der Waals surface area (Å²) in [4.78, 5) is 4.79. The van der Waals surface area contributed by atoms with Gasteiger partial charge >= 0.3 is 0 Å². The molecule has 0 amide bonds. The lowest BCUT2D eigenvalue weighted by molar-refractivity contribution is 0.446. The summed E-state index contributed by atoms with van der Waals surface area (Å²) < 4.78 is 1.79. The van der Waals surface area contributed by atoms with E-state index in [4.69, 9.17) is 4.98 Å². The van der Waals surface area contributed by atoms with Gasteiger partial charge in [0, 0.05) is 35.4 Å². The van der Waals surface area contributed by atoms with Gasteiger partial charge in [-0.3, -0.25) is 0 Å². The van der Waals surface area contributed by atoms with Crippen molar-refractivity contribution in [2.75, 3.05) is 5.32 Å². The van der Waals surface area contributed by atoms with Crippen LogP contribution in [0.4, 0.5) is 5.82 Å². The third-order valence-corrected chi connectivity index (χ3v) is 4.66. The molecule has 0 aliphatic carbocycles. The lowest BCUT2D eigenvalue weighted by Crippen LogP contribution is -2.07. The summed E-state index contributed by atoms with van der Waals surface area (Å²) in [7, 11) is 0. The largest absolute Gasteiger partial charge is 0.508 e. The van der Waals surface area contributed by atoms with E-state index in [9.17, 15) is 10.2 Å². The van der Waals surface area contributed by atoms with Gasteiger partial charge in [-0.25, -0.2) is 4.98 Å². The van der Waals surface area contributed by atoms with Crippen LogP contribution in [0.3, 0.4) is 0 Å². The third-order valence-electron chi connectivity index (χ3n) is 4.66. The van der Waals surface area contributed by atoms with E-state index >= 15 is 0 Å². The standard InChI is InChI=1S/C21H20N4O2/c1-13-14(2)24-25-20(22-12-16-8-9-17(26)10-19(16)27)11-18(23-21(13)25)15-6-4-3-5-7-15/h3-11,22,26-27H,12H2,1-2H3. The first kappa shape index (κ1) is 16.9. The quantitative estimate of drug-likeness (QED) is 0.512. The number of nitrogens with one attached hydrogen (secondary N) is 1. The molecule has 3 N–H and O–H groups in total. The van der Waals surface area contributed by atoms with Crippen LogP contribution in [0.25, 0.3) is 16.9 Å². The Bertz CT molecular complexity index is 1120. The van der Waals surface area contributed by atoms with Crippen LogP contribution in [0.1, 0.15) is 16.8 Å². The number of benzene rings is 2. The number of aromatic hydroxyl groups is 2. The maximum atomic E-state index is 10.0. The lowest BCUT2D eigenvalue weighted by atomic mass is 10.1. The van der Waals surface area contributed by atoms with Crippen molar-refractivity contribution in [2.45, 2.75) is 20.4 Å². The van der Waals surface area contributed by atoms with Gasteiger partial charge in [0.25, 0.3) is 0 Å². The first-order valence-electron chi connectivity index (χ1n) is 8.70. The molecule has 0 fully saturated rings. The highest BCUT2D eigenvalue weighted by atomic mass is 16.3. The molecule has 0 spiro atoms. The van der Waals surface area contributed by atoms with Crippen molar-refractivity contribution in [1.82, 2.24) is 14.6 Å². The summed E-state index contributed by atoms with van der Waals surface area (Å²) in [6.07, 6.45) is 0. The SMILES string of the molecule is Cc1nn2c(NCc3ccc(O)cc3O)cc(-c3ccccc3)nc2c1C. The highest BCUT2D eigenvalue weighted by Crippen LogP contribution is 2.27. The molecule has 0 saturated carbocycles. The average Bonchev–Trinajstić information content (AvgIpc) is 2.96. The monoisotopic (exact) mass is 360 g/mol. The molecule has 27 heavy (non-hydrogen) atoms. The summed E-state index contributed by atoms with van der Waals surface area (Å²) in [6.45, 7) is 4.36. The Morgan fingerprint density at radius 2 is 1.78 bits per heavy atom. The van der Waals surface area contributed by atoms with Gasteiger partial charge in [0.1, 0.15) is 17.3 Å². The number of phenols is 2. The molecule has 0 bridgehead atoms. The first-order valence-corrected chi connectivity index (χ1v) is 8.70. The Morgan fingerprint density at radius 1 is 1.00 bits per heavy atom. The van der Waals surface area contributed by atoms with E-state index in [0.717, 1.165) is 34.0 Å². The summed E-state index contributed by atoms with van der Waals surface area (Å²) in [5.74, 6) is 0.860. The molecule has 0 aliphatic heterocycles. The van der Waals surface area contributed by atoms with Crippen LogP contribution in [0.5, 0.6) is 11.5 Å². The number of aryl methyl sites for hydroxylation is 2. The van der Waals surface area contributed by atoms with E-state index < -0.39 is 0 Å². The summed E-state index contributed by atoms with van der Waals surface area (Å²) in [5.41, 5.74) is 5.30. The summed E-state index contributed by atoms with van der Waals surface area (Å²) >= 11 is 0. The number of aromatic nitrogens is 3. The first-order chi connectivity index (χ1) is 13.0. The van der Waals surface area contributed by atoms with Crippen LogP contribution in [-0.2, 0) is 6.54 Å². The predicted octanol–water partition coefficient (Wildman–Crippen LogP) is 4.04. The van der Waals surface area contributed by atoms with Crippen molar-refractivity contribution in [3.05, 3.63) is 71.4 Å². The summed E-state index contributed by atoms with van der Waals surface area (Å²) in [5, 5.41) is 27.4. The van der Waals surface area contributed by atoms with Gasteiger partial charge in [0.05, 0.1) is 11.4 Å². The maximum Gasteiger partial charge on any atom is 0.161 e. The smallest absolute Gasteiger partial charge is 0.161 e. The number of phenolic OH excluding ortho intramolecular Hbond substituents is 2. The zero-order valence-corrected chi connectivity index (χ0v) is 15.1. The fourth-order valence-corrected chi connectivity index (χ4v) is 3.00. The number of hydrogen-bond acceptors (Lipinski definition) is 5. The Kier molecular flexibility index (Phi) is 4.16. The van der Waals surface area contributed by atoms with Crippen LogP contribution >= 0.6 is 0 Å². The Labute approximate surface area is 156 Å². The van der Waals surface area contributed by atoms with E-state index in [1.54, 1.807) is 16.6 Å². The van der Waals surface area contributed by atoms with Crippen molar-refractivity contribution in [3.8, 4) is 22.8 Å². The average molecular weight is 360 g/mol. The molecule has 0 radical (unpaired) electrons. The molecule has 2 aromatic heterocycles. The number of nitrogens with zero attached hydrogens (tertiary/aromatic N) is 3. The van der Waals surface area contributed by atoms with Gasteiger partial charge < -0.3 is 15.5 Å². The fourth-order valence-electron chi connectivity index (χ4n) is 3.00.